The highest BCUT2D eigenvalue weighted by molar-refractivity contribution is 6.30. The summed E-state index contributed by atoms with van der Waals surface area (Å²) >= 11 is 5.95. The Morgan fingerprint density at radius 1 is 1.59 bits per heavy atom. The lowest BCUT2D eigenvalue weighted by Gasteiger charge is -2.28. The average molecular weight is 253 g/mol. The quantitative estimate of drug-likeness (QED) is 0.843. The molecule has 4 heteroatoms. The summed E-state index contributed by atoms with van der Waals surface area (Å²) in [6, 6.07) is 7.27. The molecular formula is C13H17ClN2O. The van der Waals surface area contributed by atoms with Gasteiger partial charge in [0.05, 0.1) is 0 Å². The molecular weight excluding hydrogens is 236 g/mol. The minimum absolute atomic E-state index is 0.375. The molecule has 1 fully saturated rings. The number of hydrogen-bond donors (Lipinski definition) is 2. The van der Waals surface area contributed by atoms with Gasteiger partial charge in [-0.25, -0.2) is 0 Å². The number of benzene rings is 1. The van der Waals surface area contributed by atoms with Crippen LogP contribution in [0.5, 0.6) is 0 Å². The number of carbonyl (C=O) groups excluding carboxylic acids is 1. The summed E-state index contributed by atoms with van der Waals surface area (Å²) in [5, 5.41) is 3.88. The number of primary amides is 1. The van der Waals surface area contributed by atoms with E-state index >= 15 is 0 Å². The van der Waals surface area contributed by atoms with Crippen LogP contribution in [-0.4, -0.2) is 12.5 Å². The van der Waals surface area contributed by atoms with Gasteiger partial charge in [-0.15, -0.1) is 0 Å². The first-order valence-electron chi connectivity index (χ1n) is 5.83. The summed E-state index contributed by atoms with van der Waals surface area (Å²) in [7, 11) is 0. The Balaban J connectivity index is 2.22. The smallest absolute Gasteiger partial charge is 0.242 e. The fourth-order valence-electron chi connectivity index (χ4n) is 1.80. The van der Waals surface area contributed by atoms with Crippen molar-refractivity contribution in [2.24, 2.45) is 11.7 Å². The molecule has 3 nitrogen and oxygen atoms in total. The van der Waals surface area contributed by atoms with E-state index in [0.29, 0.717) is 10.9 Å². The normalized spacial score (nSPS) is 18.7. The van der Waals surface area contributed by atoms with E-state index in [1.54, 1.807) is 12.1 Å². The zero-order valence-electron chi connectivity index (χ0n) is 9.87. The molecule has 2 rings (SSSR count). The Hall–Kier alpha value is -1.06. The maximum absolute atomic E-state index is 11.7. The molecule has 1 aliphatic carbocycles. The maximum Gasteiger partial charge on any atom is 0.242 e. The summed E-state index contributed by atoms with van der Waals surface area (Å²) < 4.78 is 0. The van der Waals surface area contributed by atoms with Gasteiger partial charge in [0.1, 0.15) is 5.54 Å². The maximum atomic E-state index is 11.7. The molecule has 0 spiro atoms. The van der Waals surface area contributed by atoms with Crippen LogP contribution in [-0.2, 0) is 10.3 Å². The Bertz CT molecular complexity index is 431. The van der Waals surface area contributed by atoms with E-state index < -0.39 is 5.54 Å². The van der Waals surface area contributed by atoms with Crippen molar-refractivity contribution >= 4 is 17.5 Å². The van der Waals surface area contributed by atoms with Crippen LogP contribution in [0.1, 0.15) is 25.3 Å². The van der Waals surface area contributed by atoms with Crippen LogP contribution >= 0.6 is 11.6 Å². The molecule has 0 aliphatic heterocycles. The van der Waals surface area contributed by atoms with Crippen molar-refractivity contribution in [1.82, 2.24) is 5.32 Å². The van der Waals surface area contributed by atoms with Crippen molar-refractivity contribution in [3.63, 3.8) is 0 Å². The molecule has 3 N–H and O–H groups in total. The number of nitrogens with two attached hydrogens (primary N) is 1. The summed E-state index contributed by atoms with van der Waals surface area (Å²) in [4.78, 5) is 11.7. The van der Waals surface area contributed by atoms with Crippen molar-refractivity contribution in [2.75, 3.05) is 6.54 Å². The molecule has 0 radical (unpaired) electrons. The number of amides is 1. The standard InChI is InChI=1S/C13H17ClN2O/c1-13(12(15)17,16-8-9-5-6-9)10-3-2-4-11(14)7-10/h2-4,7,9,16H,5-6,8H2,1H3,(H2,15,17). The van der Waals surface area contributed by atoms with E-state index in [1.807, 2.05) is 19.1 Å². The number of carbonyl (C=O) groups is 1. The van der Waals surface area contributed by atoms with Crippen LogP contribution in [0.2, 0.25) is 5.02 Å². The van der Waals surface area contributed by atoms with Gasteiger partial charge in [0.15, 0.2) is 0 Å². The van der Waals surface area contributed by atoms with Crippen molar-refractivity contribution < 1.29 is 4.79 Å². The number of nitrogens with one attached hydrogen (secondary N) is 1. The molecule has 1 saturated carbocycles. The zero-order chi connectivity index (χ0) is 12.5. The molecule has 0 saturated heterocycles. The molecule has 0 bridgehead atoms. The van der Waals surface area contributed by atoms with Crippen molar-refractivity contribution in [3.05, 3.63) is 34.9 Å². The molecule has 1 atom stereocenters. The average Bonchev–Trinajstić information content (AvgIpc) is 3.09. The van der Waals surface area contributed by atoms with Gasteiger partial charge < -0.3 is 5.73 Å². The molecule has 1 aliphatic rings. The van der Waals surface area contributed by atoms with Crippen LogP contribution < -0.4 is 11.1 Å². The first kappa shape index (κ1) is 12.4. The van der Waals surface area contributed by atoms with Crippen molar-refractivity contribution in [3.8, 4) is 0 Å². The third-order valence-electron chi connectivity index (χ3n) is 3.34. The highest BCUT2D eigenvalue weighted by Crippen LogP contribution is 2.30. The first-order chi connectivity index (χ1) is 8.02. The van der Waals surface area contributed by atoms with Gasteiger partial charge in [-0.3, -0.25) is 10.1 Å². The van der Waals surface area contributed by atoms with Gasteiger partial charge in [0, 0.05) is 5.02 Å². The minimum atomic E-state index is -0.840. The monoisotopic (exact) mass is 252 g/mol. The van der Waals surface area contributed by atoms with Crippen LogP contribution in [0.3, 0.4) is 0 Å². The second-order valence-electron chi connectivity index (χ2n) is 4.82. The number of rotatable bonds is 5. The lowest BCUT2D eigenvalue weighted by Crippen LogP contribution is -2.51. The highest BCUT2D eigenvalue weighted by Gasteiger charge is 2.35. The van der Waals surface area contributed by atoms with E-state index in [2.05, 4.69) is 5.32 Å². The van der Waals surface area contributed by atoms with Gasteiger partial charge >= 0.3 is 0 Å². The van der Waals surface area contributed by atoms with Crippen LogP contribution in [0.25, 0.3) is 0 Å². The molecule has 1 unspecified atom stereocenters. The highest BCUT2D eigenvalue weighted by atomic mass is 35.5. The molecule has 17 heavy (non-hydrogen) atoms. The second kappa shape index (κ2) is 4.67. The van der Waals surface area contributed by atoms with Crippen molar-refractivity contribution in [2.45, 2.75) is 25.3 Å². The second-order valence-corrected chi connectivity index (χ2v) is 5.26. The molecule has 1 aromatic rings. The molecule has 0 aromatic heterocycles. The SMILES string of the molecule is CC(NCC1CC1)(C(N)=O)c1cccc(Cl)c1. The lowest BCUT2D eigenvalue weighted by molar-refractivity contribution is -0.124. The van der Waals surface area contributed by atoms with Crippen LogP contribution in [0.4, 0.5) is 0 Å². The molecule has 92 valence electrons. The van der Waals surface area contributed by atoms with Crippen molar-refractivity contribution in [1.29, 1.82) is 0 Å². The predicted molar refractivity (Wildman–Crippen MR) is 68.7 cm³/mol. The largest absolute Gasteiger partial charge is 0.368 e. The molecule has 1 aromatic carbocycles. The van der Waals surface area contributed by atoms with E-state index in [4.69, 9.17) is 17.3 Å². The Morgan fingerprint density at radius 2 is 2.29 bits per heavy atom. The Kier molecular flexibility index (Phi) is 3.40. The van der Waals surface area contributed by atoms with E-state index in [9.17, 15) is 4.79 Å². The van der Waals surface area contributed by atoms with Gasteiger partial charge in [0.25, 0.3) is 0 Å². The summed E-state index contributed by atoms with van der Waals surface area (Å²) in [5.41, 5.74) is 5.49. The van der Waals surface area contributed by atoms with Gasteiger partial charge in [-0.05, 0) is 49.9 Å². The Labute approximate surface area is 106 Å². The fraction of sp³-hybridized carbons (Fsp3) is 0.462. The fourth-order valence-corrected chi connectivity index (χ4v) is 1.99. The van der Waals surface area contributed by atoms with E-state index in [0.717, 1.165) is 12.1 Å². The summed E-state index contributed by atoms with van der Waals surface area (Å²) in [6.07, 6.45) is 2.47. The lowest BCUT2D eigenvalue weighted by atomic mass is 9.91. The predicted octanol–water partition coefficient (Wildman–Crippen LogP) is 2.04. The molecule has 0 heterocycles. The van der Waals surface area contributed by atoms with Gasteiger partial charge in [0.2, 0.25) is 5.91 Å². The van der Waals surface area contributed by atoms with Crippen LogP contribution in [0, 0.1) is 5.92 Å². The number of halogens is 1. The molecule has 1 amide bonds. The summed E-state index contributed by atoms with van der Waals surface area (Å²) in [5.74, 6) is 0.313. The van der Waals surface area contributed by atoms with Gasteiger partial charge in [-0.2, -0.15) is 0 Å². The third-order valence-corrected chi connectivity index (χ3v) is 3.57. The first-order valence-corrected chi connectivity index (χ1v) is 6.21. The summed E-state index contributed by atoms with van der Waals surface area (Å²) in [6.45, 7) is 2.63. The van der Waals surface area contributed by atoms with E-state index in [1.165, 1.54) is 12.8 Å². The topological polar surface area (TPSA) is 55.1 Å². The number of hydrogen-bond acceptors (Lipinski definition) is 2. The zero-order valence-corrected chi connectivity index (χ0v) is 10.6. The van der Waals surface area contributed by atoms with E-state index in [-0.39, 0.29) is 5.91 Å². The third kappa shape index (κ3) is 2.79. The van der Waals surface area contributed by atoms with Gasteiger partial charge in [-0.1, -0.05) is 23.7 Å². The van der Waals surface area contributed by atoms with Crippen LogP contribution in [0.15, 0.2) is 24.3 Å². The Morgan fingerprint density at radius 3 is 2.82 bits per heavy atom. The minimum Gasteiger partial charge on any atom is -0.368 e.